The first-order chi connectivity index (χ1) is 5.31. The van der Waals surface area contributed by atoms with Crippen LogP contribution in [-0.4, -0.2) is 32.7 Å². The van der Waals surface area contributed by atoms with Gasteiger partial charge >= 0.3 is 6.03 Å². The van der Waals surface area contributed by atoms with Crippen molar-refractivity contribution in [2.45, 2.75) is 13.3 Å². The second-order valence-electron chi connectivity index (χ2n) is 2.29. The van der Waals surface area contributed by atoms with Crippen LogP contribution >= 0.6 is 0 Å². The molecule has 0 aliphatic heterocycles. The van der Waals surface area contributed by atoms with Crippen molar-refractivity contribution in [1.82, 2.24) is 16.0 Å². The summed E-state index contributed by atoms with van der Waals surface area (Å²) >= 11 is 0. The van der Waals surface area contributed by atoms with E-state index in [9.17, 15) is 4.79 Å². The van der Waals surface area contributed by atoms with E-state index in [1.165, 1.54) is 0 Å². The minimum Gasteiger partial charge on any atom is -0.338 e. The summed E-state index contributed by atoms with van der Waals surface area (Å²) in [6.45, 7) is 4.24. The van der Waals surface area contributed by atoms with Crippen molar-refractivity contribution in [3.63, 3.8) is 0 Å². The number of nitrogens with one attached hydrogen (secondary N) is 3. The summed E-state index contributed by atoms with van der Waals surface area (Å²) in [5.74, 6) is 0. The van der Waals surface area contributed by atoms with Crippen molar-refractivity contribution in [3.8, 4) is 0 Å². The molecule has 0 aromatic heterocycles. The maximum Gasteiger partial charge on any atom is 0.314 e. The van der Waals surface area contributed by atoms with Crippen molar-refractivity contribution in [2.75, 3.05) is 26.7 Å². The molecule has 3 N–H and O–H groups in total. The Bertz CT molecular complexity index is 106. The minimum atomic E-state index is -0.0814. The number of carbonyl (C=O) groups excluding carboxylic acids is 1. The van der Waals surface area contributed by atoms with Gasteiger partial charge in [-0.2, -0.15) is 0 Å². The number of carbonyl (C=O) groups is 1. The van der Waals surface area contributed by atoms with Crippen LogP contribution in [0.15, 0.2) is 0 Å². The molecule has 4 nitrogen and oxygen atoms in total. The monoisotopic (exact) mass is 159 g/mol. The second kappa shape index (κ2) is 7.34. The average Bonchev–Trinajstić information content (AvgIpc) is 2.01. The van der Waals surface area contributed by atoms with Gasteiger partial charge in [0.05, 0.1) is 0 Å². The van der Waals surface area contributed by atoms with Crippen LogP contribution in [-0.2, 0) is 0 Å². The number of hydrogen-bond donors (Lipinski definition) is 3. The number of hydrogen-bond acceptors (Lipinski definition) is 2. The van der Waals surface area contributed by atoms with Gasteiger partial charge in [-0.3, -0.25) is 0 Å². The summed E-state index contributed by atoms with van der Waals surface area (Å²) in [6.07, 6.45) is 0.972. The van der Waals surface area contributed by atoms with E-state index in [1.807, 2.05) is 14.0 Å². The predicted molar refractivity (Wildman–Crippen MR) is 45.6 cm³/mol. The van der Waals surface area contributed by atoms with Crippen LogP contribution in [0, 0.1) is 0 Å². The molecule has 66 valence electrons. The highest BCUT2D eigenvalue weighted by atomic mass is 16.2. The summed E-state index contributed by atoms with van der Waals surface area (Å²) < 4.78 is 0. The Kier molecular flexibility index (Phi) is 6.82. The van der Waals surface area contributed by atoms with E-state index in [-0.39, 0.29) is 6.03 Å². The zero-order valence-electron chi connectivity index (χ0n) is 7.24. The first-order valence-electron chi connectivity index (χ1n) is 3.97. The Labute approximate surface area is 67.7 Å². The zero-order valence-corrected chi connectivity index (χ0v) is 7.24. The molecule has 0 aromatic carbocycles. The van der Waals surface area contributed by atoms with Crippen LogP contribution in [0.2, 0.25) is 0 Å². The van der Waals surface area contributed by atoms with E-state index >= 15 is 0 Å². The normalized spacial score (nSPS) is 9.27. The lowest BCUT2D eigenvalue weighted by Gasteiger charge is -2.05. The fraction of sp³-hybridized carbons (Fsp3) is 0.857. The van der Waals surface area contributed by atoms with Gasteiger partial charge in [-0.25, -0.2) is 4.79 Å². The molecule has 0 saturated carbocycles. The molecule has 4 heteroatoms. The summed E-state index contributed by atoms with van der Waals surface area (Å²) in [5.41, 5.74) is 0. The Morgan fingerprint density at radius 1 is 1.18 bits per heavy atom. The van der Waals surface area contributed by atoms with Gasteiger partial charge in [0.15, 0.2) is 0 Å². The summed E-state index contributed by atoms with van der Waals surface area (Å²) in [7, 11) is 1.85. The molecule has 0 bridgehead atoms. The molecule has 0 spiro atoms. The molecule has 0 aliphatic rings. The van der Waals surface area contributed by atoms with E-state index in [1.54, 1.807) is 0 Å². The lowest BCUT2D eigenvalue weighted by Crippen LogP contribution is -2.38. The fourth-order valence-electron chi connectivity index (χ4n) is 0.602. The van der Waals surface area contributed by atoms with Gasteiger partial charge in [0, 0.05) is 19.6 Å². The van der Waals surface area contributed by atoms with Crippen LogP contribution in [0.1, 0.15) is 13.3 Å². The molecule has 0 radical (unpaired) electrons. The van der Waals surface area contributed by atoms with Crippen molar-refractivity contribution in [2.24, 2.45) is 0 Å². The van der Waals surface area contributed by atoms with E-state index in [0.717, 1.165) is 19.5 Å². The Balaban J connectivity index is 3.09. The van der Waals surface area contributed by atoms with Crippen LogP contribution in [0.5, 0.6) is 0 Å². The second-order valence-corrected chi connectivity index (χ2v) is 2.29. The highest BCUT2D eigenvalue weighted by Gasteiger charge is 1.94. The molecule has 2 amide bonds. The summed E-state index contributed by atoms with van der Waals surface area (Å²) in [6, 6.07) is -0.0814. The molecule has 11 heavy (non-hydrogen) atoms. The third-order valence-corrected chi connectivity index (χ3v) is 1.20. The van der Waals surface area contributed by atoms with Gasteiger partial charge in [-0.15, -0.1) is 0 Å². The first kappa shape index (κ1) is 10.2. The molecule has 0 aliphatic carbocycles. The van der Waals surface area contributed by atoms with E-state index in [4.69, 9.17) is 0 Å². The van der Waals surface area contributed by atoms with Gasteiger partial charge in [-0.1, -0.05) is 6.92 Å². The summed E-state index contributed by atoms with van der Waals surface area (Å²) in [5, 5.41) is 8.36. The molecular weight excluding hydrogens is 142 g/mol. The van der Waals surface area contributed by atoms with Crippen molar-refractivity contribution in [1.29, 1.82) is 0 Å². The number of likely N-dealkylation sites (N-methyl/N-ethyl adjacent to an activating group) is 1. The van der Waals surface area contributed by atoms with Gasteiger partial charge in [0.1, 0.15) is 0 Å². The molecule has 0 atom stereocenters. The predicted octanol–water partition coefficient (Wildman–Crippen LogP) is -0.0850. The molecule has 0 aromatic rings. The van der Waals surface area contributed by atoms with Gasteiger partial charge in [-0.05, 0) is 13.5 Å². The zero-order chi connectivity index (χ0) is 8.53. The Morgan fingerprint density at radius 3 is 2.36 bits per heavy atom. The molecule has 0 unspecified atom stereocenters. The molecule has 0 heterocycles. The molecule has 0 rings (SSSR count). The smallest absolute Gasteiger partial charge is 0.314 e. The van der Waals surface area contributed by atoms with Gasteiger partial charge < -0.3 is 16.0 Å². The lowest BCUT2D eigenvalue weighted by atomic mass is 10.5. The first-order valence-corrected chi connectivity index (χ1v) is 3.97. The van der Waals surface area contributed by atoms with Crippen LogP contribution < -0.4 is 16.0 Å². The maximum atomic E-state index is 10.8. The third-order valence-electron chi connectivity index (χ3n) is 1.20. The lowest BCUT2D eigenvalue weighted by molar-refractivity contribution is 0.241. The van der Waals surface area contributed by atoms with E-state index < -0.39 is 0 Å². The fourth-order valence-corrected chi connectivity index (χ4v) is 0.602. The van der Waals surface area contributed by atoms with Crippen LogP contribution in [0.25, 0.3) is 0 Å². The van der Waals surface area contributed by atoms with Crippen LogP contribution in [0.4, 0.5) is 4.79 Å². The Hall–Kier alpha value is -0.770. The number of urea groups is 1. The number of rotatable bonds is 5. The largest absolute Gasteiger partial charge is 0.338 e. The van der Waals surface area contributed by atoms with E-state index in [0.29, 0.717) is 6.54 Å². The third kappa shape index (κ3) is 7.12. The highest BCUT2D eigenvalue weighted by Crippen LogP contribution is 1.69. The van der Waals surface area contributed by atoms with Gasteiger partial charge in [0.2, 0.25) is 0 Å². The topological polar surface area (TPSA) is 53.2 Å². The van der Waals surface area contributed by atoms with Gasteiger partial charge in [0.25, 0.3) is 0 Å². The van der Waals surface area contributed by atoms with Crippen molar-refractivity contribution in [3.05, 3.63) is 0 Å². The molecule has 0 fully saturated rings. The quantitative estimate of drug-likeness (QED) is 0.491. The maximum absolute atomic E-state index is 10.8. The van der Waals surface area contributed by atoms with E-state index in [2.05, 4.69) is 16.0 Å². The Morgan fingerprint density at radius 2 is 1.82 bits per heavy atom. The van der Waals surface area contributed by atoms with Crippen molar-refractivity contribution >= 4 is 6.03 Å². The average molecular weight is 159 g/mol. The summed E-state index contributed by atoms with van der Waals surface area (Å²) in [4.78, 5) is 10.8. The molecule has 0 saturated heterocycles. The SMILES string of the molecule is CCCNC(=O)NCCNC. The molecular formula is C7H17N3O. The highest BCUT2D eigenvalue weighted by molar-refractivity contribution is 5.73. The van der Waals surface area contributed by atoms with Crippen LogP contribution in [0.3, 0.4) is 0 Å². The number of amides is 2. The minimum absolute atomic E-state index is 0.0814. The standard InChI is InChI=1S/C7H17N3O/c1-3-4-9-7(11)10-6-5-8-2/h8H,3-6H2,1-2H3,(H2,9,10,11). The van der Waals surface area contributed by atoms with Crippen molar-refractivity contribution < 1.29 is 4.79 Å².